The van der Waals surface area contributed by atoms with Crippen LogP contribution in [0.25, 0.3) is 0 Å². The van der Waals surface area contributed by atoms with Crippen molar-refractivity contribution in [1.82, 2.24) is 0 Å². The Labute approximate surface area is 69.0 Å². The molecule has 12 heavy (non-hydrogen) atoms. The third-order valence-electron chi connectivity index (χ3n) is 1.54. The molecule has 5 heteroatoms. The van der Waals surface area contributed by atoms with Crippen LogP contribution in [0.15, 0.2) is 0 Å². The Hall–Kier alpha value is -1.39. The first-order valence-electron chi connectivity index (χ1n) is 3.27. The zero-order valence-electron chi connectivity index (χ0n) is 6.83. The smallest absolute Gasteiger partial charge is 0.316 e. The van der Waals surface area contributed by atoms with Gasteiger partial charge in [0, 0.05) is 0 Å². The predicted molar refractivity (Wildman–Crippen MR) is 38.7 cm³/mol. The SMILES string of the molecule is CC(C)(C(=O)O)C(=O)CC(=O)O. The summed E-state index contributed by atoms with van der Waals surface area (Å²) >= 11 is 0. The number of hydrogen-bond acceptors (Lipinski definition) is 3. The van der Waals surface area contributed by atoms with Gasteiger partial charge in [0.2, 0.25) is 0 Å². The molecule has 0 aromatic carbocycles. The fraction of sp³-hybridized carbons (Fsp3) is 0.571. The van der Waals surface area contributed by atoms with Gasteiger partial charge < -0.3 is 10.2 Å². The Morgan fingerprint density at radius 2 is 1.58 bits per heavy atom. The fourth-order valence-electron chi connectivity index (χ4n) is 0.478. The maximum Gasteiger partial charge on any atom is 0.316 e. The van der Waals surface area contributed by atoms with E-state index in [4.69, 9.17) is 10.2 Å². The largest absolute Gasteiger partial charge is 0.481 e. The number of aliphatic carboxylic acids is 2. The molecule has 0 aromatic rings. The summed E-state index contributed by atoms with van der Waals surface area (Å²) in [7, 11) is 0. The molecule has 0 unspecified atom stereocenters. The van der Waals surface area contributed by atoms with Crippen LogP contribution in [-0.4, -0.2) is 27.9 Å². The van der Waals surface area contributed by atoms with E-state index in [2.05, 4.69) is 0 Å². The number of rotatable bonds is 4. The lowest BCUT2D eigenvalue weighted by atomic mass is 9.87. The minimum atomic E-state index is -1.61. The van der Waals surface area contributed by atoms with Crippen molar-refractivity contribution < 1.29 is 24.6 Å². The van der Waals surface area contributed by atoms with Crippen LogP contribution in [0.5, 0.6) is 0 Å². The van der Waals surface area contributed by atoms with E-state index in [0.29, 0.717) is 0 Å². The van der Waals surface area contributed by atoms with Gasteiger partial charge in [-0.2, -0.15) is 0 Å². The highest BCUT2D eigenvalue weighted by Gasteiger charge is 2.36. The van der Waals surface area contributed by atoms with Crippen LogP contribution >= 0.6 is 0 Å². The first-order chi connectivity index (χ1) is 5.28. The van der Waals surface area contributed by atoms with Gasteiger partial charge in [0.05, 0.1) is 0 Å². The molecule has 0 spiro atoms. The van der Waals surface area contributed by atoms with E-state index in [-0.39, 0.29) is 0 Å². The number of carboxylic acid groups (broad SMARTS) is 2. The normalized spacial score (nSPS) is 10.8. The summed E-state index contributed by atoms with van der Waals surface area (Å²) in [5.74, 6) is -3.43. The second-order valence-electron chi connectivity index (χ2n) is 2.92. The van der Waals surface area contributed by atoms with Crippen LogP contribution in [0.2, 0.25) is 0 Å². The van der Waals surface area contributed by atoms with Crippen LogP contribution in [0, 0.1) is 5.41 Å². The zero-order valence-corrected chi connectivity index (χ0v) is 6.83. The molecule has 0 bridgehead atoms. The third-order valence-corrected chi connectivity index (χ3v) is 1.54. The molecule has 0 aromatic heterocycles. The standard InChI is InChI=1S/C7H10O5/c1-7(2,6(11)12)4(8)3-5(9)10/h3H2,1-2H3,(H,9,10)(H,11,12). The summed E-state index contributed by atoms with van der Waals surface area (Å²) in [6.45, 7) is 2.36. The molecular formula is C7H10O5. The first-order valence-corrected chi connectivity index (χ1v) is 3.27. The van der Waals surface area contributed by atoms with E-state index in [9.17, 15) is 14.4 Å². The van der Waals surface area contributed by atoms with Gasteiger partial charge in [-0.15, -0.1) is 0 Å². The molecule has 0 saturated heterocycles. The molecule has 0 rings (SSSR count). The Morgan fingerprint density at radius 3 is 1.83 bits per heavy atom. The van der Waals surface area contributed by atoms with Crippen molar-refractivity contribution in [3.8, 4) is 0 Å². The molecule has 0 fully saturated rings. The van der Waals surface area contributed by atoms with Crippen LogP contribution in [0.1, 0.15) is 20.3 Å². The first kappa shape index (κ1) is 10.6. The van der Waals surface area contributed by atoms with Crippen LogP contribution in [0.4, 0.5) is 0 Å². The van der Waals surface area contributed by atoms with Crippen LogP contribution < -0.4 is 0 Å². The Bertz CT molecular complexity index is 228. The Morgan fingerprint density at radius 1 is 1.17 bits per heavy atom. The summed E-state index contributed by atoms with van der Waals surface area (Å²) in [4.78, 5) is 31.5. The van der Waals surface area contributed by atoms with Crippen molar-refractivity contribution >= 4 is 17.7 Å². The minimum Gasteiger partial charge on any atom is -0.481 e. The highest BCUT2D eigenvalue weighted by molar-refractivity contribution is 6.08. The molecule has 0 aliphatic rings. The molecule has 2 N–H and O–H groups in total. The quantitative estimate of drug-likeness (QED) is 0.591. The van der Waals surface area contributed by atoms with Crippen molar-refractivity contribution in [3.63, 3.8) is 0 Å². The molecular weight excluding hydrogens is 164 g/mol. The molecule has 0 amide bonds. The average molecular weight is 174 g/mol. The molecule has 68 valence electrons. The van der Waals surface area contributed by atoms with Gasteiger partial charge in [0.15, 0.2) is 5.78 Å². The lowest BCUT2D eigenvalue weighted by molar-refractivity contribution is -0.154. The lowest BCUT2D eigenvalue weighted by Gasteiger charge is -2.15. The van der Waals surface area contributed by atoms with E-state index < -0.39 is 29.6 Å². The highest BCUT2D eigenvalue weighted by Crippen LogP contribution is 2.18. The molecule has 5 nitrogen and oxygen atoms in total. The van der Waals surface area contributed by atoms with E-state index in [1.807, 2.05) is 0 Å². The number of carbonyl (C=O) groups excluding carboxylic acids is 1. The van der Waals surface area contributed by atoms with Crippen LogP contribution in [0.3, 0.4) is 0 Å². The van der Waals surface area contributed by atoms with Gasteiger partial charge in [-0.1, -0.05) is 0 Å². The van der Waals surface area contributed by atoms with E-state index in [1.165, 1.54) is 13.8 Å². The van der Waals surface area contributed by atoms with Crippen molar-refractivity contribution in [2.75, 3.05) is 0 Å². The van der Waals surface area contributed by atoms with Gasteiger partial charge in [0.25, 0.3) is 0 Å². The maximum atomic E-state index is 11.0. The topological polar surface area (TPSA) is 91.7 Å². The number of Topliss-reactive ketones (excluding diaryl/α,β-unsaturated/α-hetero) is 1. The Balaban J connectivity index is 4.47. The van der Waals surface area contributed by atoms with Gasteiger partial charge in [-0.3, -0.25) is 14.4 Å². The highest BCUT2D eigenvalue weighted by atomic mass is 16.4. The maximum absolute atomic E-state index is 11.0. The molecule has 0 aliphatic heterocycles. The number of carbonyl (C=O) groups is 3. The second-order valence-corrected chi connectivity index (χ2v) is 2.92. The average Bonchev–Trinajstić information content (AvgIpc) is 1.85. The van der Waals surface area contributed by atoms with Gasteiger partial charge in [-0.05, 0) is 13.8 Å². The summed E-state index contributed by atoms with van der Waals surface area (Å²) < 4.78 is 0. The molecule has 0 radical (unpaired) electrons. The van der Waals surface area contributed by atoms with Gasteiger partial charge in [0.1, 0.15) is 11.8 Å². The van der Waals surface area contributed by atoms with E-state index >= 15 is 0 Å². The van der Waals surface area contributed by atoms with Crippen molar-refractivity contribution in [2.45, 2.75) is 20.3 Å². The third kappa shape index (κ3) is 2.34. The molecule has 0 atom stereocenters. The van der Waals surface area contributed by atoms with Crippen LogP contribution in [-0.2, 0) is 14.4 Å². The molecule has 0 aliphatic carbocycles. The summed E-state index contributed by atoms with van der Waals surface area (Å²) in [5.41, 5.74) is -1.61. The lowest BCUT2D eigenvalue weighted by Crippen LogP contribution is -2.34. The predicted octanol–water partition coefficient (Wildman–Crippen LogP) is 0.141. The van der Waals surface area contributed by atoms with Gasteiger partial charge >= 0.3 is 11.9 Å². The van der Waals surface area contributed by atoms with E-state index in [1.54, 1.807) is 0 Å². The van der Waals surface area contributed by atoms with E-state index in [0.717, 1.165) is 0 Å². The minimum absolute atomic E-state index is 0.751. The number of carboxylic acids is 2. The fourth-order valence-corrected chi connectivity index (χ4v) is 0.478. The van der Waals surface area contributed by atoms with Crippen molar-refractivity contribution in [1.29, 1.82) is 0 Å². The monoisotopic (exact) mass is 174 g/mol. The summed E-state index contributed by atoms with van der Waals surface area (Å²) in [5, 5.41) is 16.7. The van der Waals surface area contributed by atoms with Gasteiger partial charge in [-0.25, -0.2) is 0 Å². The van der Waals surface area contributed by atoms with Crippen molar-refractivity contribution in [3.05, 3.63) is 0 Å². The Kier molecular flexibility index (Phi) is 2.95. The summed E-state index contributed by atoms with van der Waals surface area (Å²) in [6.07, 6.45) is -0.751. The number of hydrogen-bond donors (Lipinski definition) is 2. The number of ketones is 1. The second kappa shape index (κ2) is 3.34. The molecule has 0 saturated carbocycles. The molecule has 0 heterocycles. The summed E-state index contributed by atoms with van der Waals surface area (Å²) in [6, 6.07) is 0. The van der Waals surface area contributed by atoms with Crippen molar-refractivity contribution in [2.24, 2.45) is 5.41 Å². The zero-order chi connectivity index (χ0) is 9.94.